The Bertz CT molecular complexity index is 539. The van der Waals surface area contributed by atoms with Crippen LogP contribution in [0.4, 0.5) is 0 Å². The molecule has 0 aromatic carbocycles. The first kappa shape index (κ1) is 24.0. The van der Waals surface area contributed by atoms with Crippen LogP contribution in [-0.2, 0) is 9.47 Å². The SMILES string of the molecule is C.CCC(C)CC(CC(C)COC(C)(C)CC)C1=CC=C2OCCC2=CC1. The number of fused-ring (bicyclic) bond motifs is 1. The van der Waals surface area contributed by atoms with Crippen molar-refractivity contribution in [3.63, 3.8) is 0 Å². The van der Waals surface area contributed by atoms with Gasteiger partial charge >= 0.3 is 0 Å². The van der Waals surface area contributed by atoms with Crippen LogP contribution in [0.5, 0.6) is 0 Å². The first-order valence-corrected chi connectivity index (χ1v) is 10.7. The Labute approximate surface area is 169 Å². The molecule has 1 aliphatic carbocycles. The fourth-order valence-electron chi connectivity index (χ4n) is 3.71. The van der Waals surface area contributed by atoms with Crippen LogP contribution in [0, 0.1) is 17.8 Å². The van der Waals surface area contributed by atoms with Crippen LogP contribution >= 0.6 is 0 Å². The van der Waals surface area contributed by atoms with Gasteiger partial charge in [-0.25, -0.2) is 0 Å². The van der Waals surface area contributed by atoms with Crippen LogP contribution in [0.1, 0.15) is 87.5 Å². The molecule has 3 unspecified atom stereocenters. The highest BCUT2D eigenvalue weighted by Gasteiger charge is 2.24. The van der Waals surface area contributed by atoms with Crippen molar-refractivity contribution in [3.8, 4) is 0 Å². The highest BCUT2D eigenvalue weighted by molar-refractivity contribution is 5.37. The van der Waals surface area contributed by atoms with Crippen molar-refractivity contribution in [2.75, 3.05) is 13.2 Å². The molecule has 2 aliphatic rings. The minimum absolute atomic E-state index is 0. The third-order valence-electron chi connectivity index (χ3n) is 6.18. The number of ether oxygens (including phenoxy) is 2. The van der Waals surface area contributed by atoms with E-state index in [-0.39, 0.29) is 13.0 Å². The van der Waals surface area contributed by atoms with Crippen molar-refractivity contribution in [2.24, 2.45) is 17.8 Å². The van der Waals surface area contributed by atoms with E-state index >= 15 is 0 Å². The zero-order valence-electron chi connectivity index (χ0n) is 17.9. The van der Waals surface area contributed by atoms with Gasteiger partial charge in [-0.2, -0.15) is 0 Å². The lowest BCUT2D eigenvalue weighted by Gasteiger charge is -2.29. The first-order valence-electron chi connectivity index (χ1n) is 10.7. The lowest BCUT2D eigenvalue weighted by molar-refractivity contribution is -0.0378. The molecule has 2 heteroatoms. The second-order valence-corrected chi connectivity index (χ2v) is 9.02. The van der Waals surface area contributed by atoms with E-state index < -0.39 is 0 Å². The van der Waals surface area contributed by atoms with Gasteiger partial charge in [-0.05, 0) is 68.9 Å². The van der Waals surface area contributed by atoms with E-state index in [9.17, 15) is 0 Å². The van der Waals surface area contributed by atoms with E-state index in [0.29, 0.717) is 11.8 Å². The molecule has 156 valence electrons. The van der Waals surface area contributed by atoms with Crippen LogP contribution in [0.15, 0.2) is 35.1 Å². The second kappa shape index (κ2) is 11.1. The molecule has 1 aliphatic heterocycles. The van der Waals surface area contributed by atoms with E-state index in [1.54, 1.807) is 5.57 Å². The van der Waals surface area contributed by atoms with Crippen LogP contribution in [-0.4, -0.2) is 18.8 Å². The fraction of sp³-hybridized carbons (Fsp3) is 0.760. The summed E-state index contributed by atoms with van der Waals surface area (Å²) < 4.78 is 11.9. The lowest BCUT2D eigenvalue weighted by atomic mass is 9.81. The van der Waals surface area contributed by atoms with Gasteiger partial charge in [-0.3, -0.25) is 0 Å². The normalized spacial score (nSPS) is 20.1. The van der Waals surface area contributed by atoms with Crippen molar-refractivity contribution in [1.29, 1.82) is 0 Å². The Balaban J connectivity index is 0.00000364. The molecule has 0 radical (unpaired) electrons. The molecule has 0 amide bonds. The van der Waals surface area contributed by atoms with E-state index in [2.05, 4.69) is 59.8 Å². The molecule has 1 heterocycles. The van der Waals surface area contributed by atoms with Gasteiger partial charge in [0, 0.05) is 13.0 Å². The van der Waals surface area contributed by atoms with Gasteiger partial charge < -0.3 is 9.47 Å². The van der Waals surface area contributed by atoms with Gasteiger partial charge in [0.1, 0.15) is 5.76 Å². The van der Waals surface area contributed by atoms with Gasteiger partial charge in [0.15, 0.2) is 0 Å². The topological polar surface area (TPSA) is 18.5 Å². The van der Waals surface area contributed by atoms with E-state index in [4.69, 9.17) is 9.47 Å². The average Bonchev–Trinajstić information content (AvgIpc) is 2.98. The zero-order chi connectivity index (χ0) is 19.2. The van der Waals surface area contributed by atoms with Gasteiger partial charge in [0.2, 0.25) is 0 Å². The first-order chi connectivity index (χ1) is 12.3. The monoisotopic (exact) mass is 376 g/mol. The Morgan fingerprint density at radius 1 is 1.11 bits per heavy atom. The Morgan fingerprint density at radius 2 is 1.81 bits per heavy atom. The maximum Gasteiger partial charge on any atom is 0.122 e. The summed E-state index contributed by atoms with van der Waals surface area (Å²) in [6.45, 7) is 15.3. The Hall–Kier alpha value is -1.02. The summed E-state index contributed by atoms with van der Waals surface area (Å²) in [5.74, 6) is 3.08. The molecule has 0 aromatic heterocycles. The molecule has 0 N–H and O–H groups in total. The Kier molecular flexibility index (Phi) is 9.87. The smallest absolute Gasteiger partial charge is 0.122 e. The van der Waals surface area contributed by atoms with Crippen molar-refractivity contribution < 1.29 is 9.47 Å². The number of hydrogen-bond donors (Lipinski definition) is 0. The molecule has 1 fully saturated rings. The van der Waals surface area contributed by atoms with E-state index in [1.165, 1.54) is 24.8 Å². The minimum Gasteiger partial charge on any atom is -0.493 e. The van der Waals surface area contributed by atoms with Gasteiger partial charge in [0.05, 0.1) is 12.2 Å². The third kappa shape index (κ3) is 7.49. The molecular formula is C25H44O2. The summed E-state index contributed by atoms with van der Waals surface area (Å²) in [7, 11) is 0. The molecule has 0 saturated carbocycles. The second-order valence-electron chi connectivity index (χ2n) is 9.02. The van der Waals surface area contributed by atoms with Gasteiger partial charge in [0.25, 0.3) is 0 Å². The van der Waals surface area contributed by atoms with Crippen LogP contribution in [0.2, 0.25) is 0 Å². The largest absolute Gasteiger partial charge is 0.493 e. The highest BCUT2D eigenvalue weighted by atomic mass is 16.5. The Morgan fingerprint density at radius 3 is 2.48 bits per heavy atom. The van der Waals surface area contributed by atoms with Gasteiger partial charge in [-0.15, -0.1) is 0 Å². The fourth-order valence-corrected chi connectivity index (χ4v) is 3.71. The molecule has 2 rings (SSSR count). The number of rotatable bonds is 10. The van der Waals surface area contributed by atoms with Gasteiger partial charge in [-0.1, -0.05) is 59.3 Å². The number of hydrogen-bond acceptors (Lipinski definition) is 2. The number of allylic oxidation sites excluding steroid dienone is 5. The van der Waals surface area contributed by atoms with Crippen LogP contribution in [0.25, 0.3) is 0 Å². The average molecular weight is 377 g/mol. The summed E-state index contributed by atoms with van der Waals surface area (Å²) in [6.07, 6.45) is 13.9. The van der Waals surface area contributed by atoms with E-state index in [0.717, 1.165) is 44.2 Å². The molecule has 0 bridgehead atoms. The van der Waals surface area contributed by atoms with Crippen molar-refractivity contribution in [2.45, 2.75) is 93.1 Å². The molecule has 1 saturated heterocycles. The van der Waals surface area contributed by atoms with Crippen LogP contribution in [0.3, 0.4) is 0 Å². The summed E-state index contributed by atoms with van der Waals surface area (Å²) in [5, 5.41) is 0. The predicted molar refractivity (Wildman–Crippen MR) is 118 cm³/mol. The molecular weight excluding hydrogens is 332 g/mol. The molecule has 2 nitrogen and oxygen atoms in total. The highest BCUT2D eigenvalue weighted by Crippen LogP contribution is 2.35. The quantitative estimate of drug-likeness (QED) is 0.394. The molecule has 27 heavy (non-hydrogen) atoms. The zero-order valence-corrected chi connectivity index (χ0v) is 17.9. The molecule has 3 atom stereocenters. The lowest BCUT2D eigenvalue weighted by Crippen LogP contribution is -2.26. The third-order valence-corrected chi connectivity index (χ3v) is 6.18. The predicted octanol–water partition coefficient (Wildman–Crippen LogP) is 7.47. The van der Waals surface area contributed by atoms with Crippen molar-refractivity contribution in [1.82, 2.24) is 0 Å². The summed E-state index contributed by atoms with van der Waals surface area (Å²) in [6, 6.07) is 0. The summed E-state index contributed by atoms with van der Waals surface area (Å²) >= 11 is 0. The van der Waals surface area contributed by atoms with Crippen molar-refractivity contribution >= 4 is 0 Å². The molecule has 0 spiro atoms. The molecule has 0 aromatic rings. The standard InChI is InChI=1S/C24H40O2.CH4/c1-7-18(3)15-22(16-19(4)17-26-24(5,6)8-2)20-9-10-21-13-14-25-23(21)12-11-20;/h10-12,18-19,22H,7-9,13-17H2,1-6H3;1H4. The summed E-state index contributed by atoms with van der Waals surface area (Å²) in [4.78, 5) is 0. The maximum absolute atomic E-state index is 6.18. The van der Waals surface area contributed by atoms with Crippen molar-refractivity contribution in [3.05, 3.63) is 35.1 Å². The summed E-state index contributed by atoms with van der Waals surface area (Å²) in [5.41, 5.74) is 2.97. The van der Waals surface area contributed by atoms with Crippen LogP contribution < -0.4 is 0 Å². The minimum atomic E-state index is -0.00826. The maximum atomic E-state index is 6.18. The van der Waals surface area contributed by atoms with E-state index in [1.807, 2.05) is 0 Å².